The van der Waals surface area contributed by atoms with Crippen molar-refractivity contribution in [2.45, 2.75) is 6.54 Å². The van der Waals surface area contributed by atoms with Crippen LogP contribution in [0.1, 0.15) is 20.9 Å². The zero-order valence-electron chi connectivity index (χ0n) is 11.4. The summed E-state index contributed by atoms with van der Waals surface area (Å²) in [6, 6.07) is 4.61. The van der Waals surface area contributed by atoms with Gasteiger partial charge in [-0.25, -0.2) is 5.10 Å². The zero-order valence-corrected chi connectivity index (χ0v) is 12.2. The fraction of sp³-hybridized carbons (Fsp3) is 0.214. The van der Waals surface area contributed by atoms with Crippen molar-refractivity contribution in [3.63, 3.8) is 0 Å². The van der Waals surface area contributed by atoms with Crippen LogP contribution in [-0.4, -0.2) is 34.6 Å². The molecule has 0 saturated carbocycles. The molecule has 2 aromatic rings. The number of H-pyrrole nitrogens is 1. The highest BCUT2D eigenvalue weighted by atomic mass is 32.1. The van der Waals surface area contributed by atoms with E-state index in [4.69, 9.17) is 5.73 Å². The van der Waals surface area contributed by atoms with Gasteiger partial charge in [-0.05, 0) is 23.1 Å². The minimum Gasteiger partial charge on any atom is -0.336 e. The molecule has 6 nitrogen and oxygen atoms in total. The number of hydrogen-bond donors (Lipinski definition) is 2. The number of amides is 1. The van der Waals surface area contributed by atoms with E-state index in [2.05, 4.69) is 22.0 Å². The standard InChI is InChI=1S/C14H14N4O2S/c1-18(14(20)12-4-5-13(19)17-16-12)8-10-7-11(21-9-10)3-2-6-15/h4-5,7,9H,6,8,15H2,1H3,(H,17,19). The lowest BCUT2D eigenvalue weighted by molar-refractivity contribution is 0.0778. The quantitative estimate of drug-likeness (QED) is 0.803. The minimum absolute atomic E-state index is 0.204. The van der Waals surface area contributed by atoms with Gasteiger partial charge in [-0.1, -0.05) is 11.8 Å². The summed E-state index contributed by atoms with van der Waals surface area (Å²) < 4.78 is 0. The topological polar surface area (TPSA) is 92.1 Å². The molecule has 2 rings (SSSR count). The van der Waals surface area contributed by atoms with Gasteiger partial charge in [0.1, 0.15) is 5.69 Å². The third kappa shape index (κ3) is 4.02. The maximum atomic E-state index is 12.1. The van der Waals surface area contributed by atoms with Crippen molar-refractivity contribution in [1.82, 2.24) is 15.1 Å². The van der Waals surface area contributed by atoms with Crippen LogP contribution in [-0.2, 0) is 6.54 Å². The van der Waals surface area contributed by atoms with Crippen LogP contribution in [0.4, 0.5) is 0 Å². The predicted octanol–water partition coefficient (Wildman–Crippen LogP) is 0.414. The highest BCUT2D eigenvalue weighted by Crippen LogP contribution is 2.15. The van der Waals surface area contributed by atoms with E-state index in [1.54, 1.807) is 7.05 Å². The Hall–Kier alpha value is -2.43. The number of aromatic nitrogens is 2. The van der Waals surface area contributed by atoms with Crippen molar-refractivity contribution in [1.29, 1.82) is 0 Å². The molecule has 0 aliphatic carbocycles. The van der Waals surface area contributed by atoms with Gasteiger partial charge in [0.05, 0.1) is 11.4 Å². The number of hydrogen-bond acceptors (Lipinski definition) is 5. The number of nitrogens with zero attached hydrogens (tertiary/aromatic N) is 2. The molecule has 3 N–H and O–H groups in total. The summed E-state index contributed by atoms with van der Waals surface area (Å²) in [6.45, 7) is 0.768. The van der Waals surface area contributed by atoms with Crippen LogP contribution in [0.25, 0.3) is 0 Å². The highest BCUT2D eigenvalue weighted by molar-refractivity contribution is 7.10. The lowest BCUT2D eigenvalue weighted by Gasteiger charge is -2.15. The summed E-state index contributed by atoms with van der Waals surface area (Å²) in [5.41, 5.74) is 6.18. The molecule has 0 aliphatic heterocycles. The number of carbonyl (C=O) groups excluding carboxylic acids is 1. The number of nitrogens with two attached hydrogens (primary N) is 1. The van der Waals surface area contributed by atoms with Gasteiger partial charge in [-0.2, -0.15) is 5.10 Å². The van der Waals surface area contributed by atoms with Crippen LogP contribution in [0.3, 0.4) is 0 Å². The van der Waals surface area contributed by atoms with Crippen molar-refractivity contribution in [3.8, 4) is 11.8 Å². The van der Waals surface area contributed by atoms with Crippen LogP contribution in [0.15, 0.2) is 28.4 Å². The summed E-state index contributed by atoms with van der Waals surface area (Å²) in [5.74, 6) is 5.48. The molecule has 0 radical (unpaired) electrons. The number of aromatic amines is 1. The molecular weight excluding hydrogens is 288 g/mol. The van der Waals surface area contributed by atoms with Crippen LogP contribution in [0.5, 0.6) is 0 Å². The van der Waals surface area contributed by atoms with Gasteiger partial charge in [0, 0.05) is 19.7 Å². The van der Waals surface area contributed by atoms with Crippen molar-refractivity contribution in [2.24, 2.45) is 5.73 Å². The lowest BCUT2D eigenvalue weighted by Crippen LogP contribution is -2.27. The first kappa shape index (κ1) is 15.0. The van der Waals surface area contributed by atoms with Gasteiger partial charge in [-0.3, -0.25) is 9.59 Å². The number of rotatable bonds is 3. The van der Waals surface area contributed by atoms with Crippen molar-refractivity contribution in [2.75, 3.05) is 13.6 Å². The molecule has 0 aliphatic rings. The SMILES string of the molecule is CN(Cc1csc(C#CCN)c1)C(=O)c1ccc(=O)[nH]n1. The summed E-state index contributed by atoms with van der Waals surface area (Å²) in [5, 5.41) is 7.92. The first-order valence-corrected chi connectivity index (χ1v) is 7.05. The summed E-state index contributed by atoms with van der Waals surface area (Å²) in [7, 11) is 1.68. The molecule has 108 valence electrons. The predicted molar refractivity (Wildman–Crippen MR) is 80.9 cm³/mol. The fourth-order valence-corrected chi connectivity index (χ4v) is 2.44. The minimum atomic E-state index is -0.338. The van der Waals surface area contributed by atoms with Crippen molar-refractivity contribution in [3.05, 3.63) is 50.1 Å². The van der Waals surface area contributed by atoms with E-state index in [0.717, 1.165) is 10.4 Å². The van der Waals surface area contributed by atoms with Crippen LogP contribution >= 0.6 is 11.3 Å². The highest BCUT2D eigenvalue weighted by Gasteiger charge is 2.14. The zero-order chi connectivity index (χ0) is 15.2. The van der Waals surface area contributed by atoms with Gasteiger partial charge in [0.25, 0.3) is 11.5 Å². The van der Waals surface area contributed by atoms with Gasteiger partial charge in [0.15, 0.2) is 0 Å². The maximum Gasteiger partial charge on any atom is 0.274 e. The van der Waals surface area contributed by atoms with E-state index in [-0.39, 0.29) is 17.2 Å². The Balaban J connectivity index is 2.05. The molecule has 0 bridgehead atoms. The first-order chi connectivity index (χ1) is 10.1. The molecule has 2 aromatic heterocycles. The Labute approximate surface area is 125 Å². The Bertz CT molecular complexity index is 734. The number of carbonyl (C=O) groups is 1. The van der Waals surface area contributed by atoms with E-state index in [1.165, 1.54) is 28.4 Å². The fourth-order valence-electron chi connectivity index (χ4n) is 1.67. The van der Waals surface area contributed by atoms with Gasteiger partial charge in [-0.15, -0.1) is 11.3 Å². The molecule has 0 spiro atoms. The normalized spacial score (nSPS) is 9.81. The van der Waals surface area contributed by atoms with E-state index >= 15 is 0 Å². The Kier molecular flexibility index (Phi) is 4.87. The largest absolute Gasteiger partial charge is 0.336 e. The van der Waals surface area contributed by atoms with Crippen molar-refractivity contribution < 1.29 is 4.79 Å². The monoisotopic (exact) mass is 302 g/mol. The molecule has 0 aromatic carbocycles. The Morgan fingerprint density at radius 3 is 3.00 bits per heavy atom. The molecule has 7 heteroatoms. The molecule has 0 atom stereocenters. The maximum absolute atomic E-state index is 12.1. The Morgan fingerprint density at radius 1 is 1.52 bits per heavy atom. The smallest absolute Gasteiger partial charge is 0.274 e. The number of nitrogens with one attached hydrogen (secondary N) is 1. The van der Waals surface area contributed by atoms with Crippen LogP contribution in [0, 0.1) is 11.8 Å². The molecule has 1 amide bonds. The number of thiophene rings is 1. The Morgan fingerprint density at radius 2 is 2.33 bits per heavy atom. The second kappa shape index (κ2) is 6.83. The third-order valence-corrected chi connectivity index (χ3v) is 3.53. The van der Waals surface area contributed by atoms with Gasteiger partial charge in [0.2, 0.25) is 0 Å². The molecule has 2 heterocycles. The molecule has 21 heavy (non-hydrogen) atoms. The lowest BCUT2D eigenvalue weighted by atomic mass is 10.2. The first-order valence-electron chi connectivity index (χ1n) is 6.17. The molecular formula is C14H14N4O2S. The van der Waals surface area contributed by atoms with E-state index < -0.39 is 0 Å². The van der Waals surface area contributed by atoms with Crippen LogP contribution < -0.4 is 11.3 Å². The van der Waals surface area contributed by atoms with E-state index in [1.807, 2.05) is 11.4 Å². The second-order valence-corrected chi connectivity index (χ2v) is 5.20. The third-order valence-electron chi connectivity index (χ3n) is 2.63. The van der Waals surface area contributed by atoms with Gasteiger partial charge >= 0.3 is 0 Å². The van der Waals surface area contributed by atoms with E-state index in [9.17, 15) is 9.59 Å². The van der Waals surface area contributed by atoms with Crippen molar-refractivity contribution >= 4 is 17.2 Å². The summed E-state index contributed by atoms with van der Waals surface area (Å²) >= 11 is 1.51. The van der Waals surface area contributed by atoms with Crippen LogP contribution in [0.2, 0.25) is 0 Å². The average Bonchev–Trinajstić information content (AvgIpc) is 2.92. The summed E-state index contributed by atoms with van der Waals surface area (Å²) in [6.07, 6.45) is 0. The average molecular weight is 302 g/mol. The molecule has 0 fully saturated rings. The molecule has 0 saturated heterocycles. The van der Waals surface area contributed by atoms with E-state index in [0.29, 0.717) is 13.1 Å². The second-order valence-electron chi connectivity index (χ2n) is 4.29. The van der Waals surface area contributed by atoms with Gasteiger partial charge < -0.3 is 10.6 Å². The summed E-state index contributed by atoms with van der Waals surface area (Å²) in [4.78, 5) is 25.5. The molecule has 0 unspecified atom stereocenters.